The monoisotopic (exact) mass is 430 g/mol. The normalized spacial score (nSPS) is 16.1. The van der Waals surface area contributed by atoms with Crippen LogP contribution in [0.1, 0.15) is 31.8 Å². The summed E-state index contributed by atoms with van der Waals surface area (Å²) in [5.41, 5.74) is -2.70. The fourth-order valence-corrected chi connectivity index (χ4v) is 4.61. The molecule has 8 heteroatoms. The number of rotatable bonds is 2. The number of esters is 2. The van der Waals surface area contributed by atoms with Crippen LogP contribution in [0.15, 0.2) is 42.0 Å². The van der Waals surface area contributed by atoms with Crippen molar-refractivity contribution in [1.82, 2.24) is 0 Å². The molecule has 2 aliphatic rings. The summed E-state index contributed by atoms with van der Waals surface area (Å²) >= 11 is 12.7. The van der Waals surface area contributed by atoms with Crippen molar-refractivity contribution in [3.05, 3.63) is 74.3 Å². The van der Waals surface area contributed by atoms with Gasteiger partial charge in [-0.2, -0.15) is 0 Å². The van der Waals surface area contributed by atoms with Crippen molar-refractivity contribution in [2.24, 2.45) is 0 Å². The molecule has 0 saturated carbocycles. The van der Waals surface area contributed by atoms with E-state index in [0.29, 0.717) is 0 Å². The lowest BCUT2D eigenvalue weighted by atomic mass is 9.72. The third kappa shape index (κ3) is 2.24. The SMILES string of the molecule is COC(=O)C1(C(=O)OC)C2=C(C(=O)c3ccccc3C2=O)c2c(Cl)ccc(Cl)c21. The predicted molar refractivity (Wildman–Crippen MR) is 104 cm³/mol. The second-order valence-electron chi connectivity index (χ2n) is 6.47. The summed E-state index contributed by atoms with van der Waals surface area (Å²) in [6, 6.07) is 8.94. The Labute approximate surface area is 175 Å². The minimum Gasteiger partial charge on any atom is -0.468 e. The van der Waals surface area contributed by atoms with Crippen LogP contribution >= 0.6 is 23.2 Å². The molecule has 4 rings (SSSR count). The van der Waals surface area contributed by atoms with Crippen LogP contribution in [0.2, 0.25) is 10.0 Å². The predicted octanol–water partition coefficient (Wildman–Crippen LogP) is 3.42. The van der Waals surface area contributed by atoms with E-state index in [1.807, 2.05) is 0 Å². The van der Waals surface area contributed by atoms with E-state index in [1.165, 1.54) is 24.3 Å². The van der Waals surface area contributed by atoms with Crippen molar-refractivity contribution in [2.75, 3.05) is 14.2 Å². The molecule has 146 valence electrons. The number of Topliss-reactive ketones (excluding diaryl/α,β-unsaturated/α-hetero) is 2. The molecule has 0 heterocycles. The molecular formula is C21H12Cl2O6. The van der Waals surface area contributed by atoms with Gasteiger partial charge in [0.2, 0.25) is 5.41 Å². The zero-order chi connectivity index (χ0) is 21.1. The Morgan fingerprint density at radius 2 is 1.34 bits per heavy atom. The van der Waals surface area contributed by atoms with Gasteiger partial charge in [-0.25, -0.2) is 0 Å². The van der Waals surface area contributed by atoms with E-state index >= 15 is 0 Å². The number of ketones is 2. The van der Waals surface area contributed by atoms with E-state index in [0.717, 1.165) is 14.2 Å². The van der Waals surface area contributed by atoms with Crippen LogP contribution in [0, 0.1) is 0 Å². The number of carbonyl (C=O) groups is 4. The minimum atomic E-state index is -2.36. The quantitative estimate of drug-likeness (QED) is 0.535. The molecule has 6 nitrogen and oxygen atoms in total. The standard InChI is InChI=1S/C21H12Cl2O6/c1-28-19(26)21(20(27)29-2)15-12(23)8-7-11(22)13(15)14-16(21)18(25)10-6-4-3-5-9(10)17(14)24/h3-8H,1-2H3. The topological polar surface area (TPSA) is 86.7 Å². The van der Waals surface area contributed by atoms with Gasteiger partial charge in [-0.1, -0.05) is 47.5 Å². The number of allylic oxidation sites excluding steroid dienone is 1. The molecule has 29 heavy (non-hydrogen) atoms. The van der Waals surface area contributed by atoms with Gasteiger partial charge >= 0.3 is 11.9 Å². The first kappa shape index (κ1) is 19.4. The molecule has 2 aromatic rings. The Hall–Kier alpha value is -2.96. The molecule has 0 aromatic heterocycles. The third-order valence-electron chi connectivity index (χ3n) is 5.21. The molecule has 0 unspecified atom stereocenters. The number of ether oxygens (including phenoxy) is 2. The molecule has 2 aliphatic carbocycles. The van der Waals surface area contributed by atoms with Gasteiger partial charge in [-0.3, -0.25) is 19.2 Å². The summed E-state index contributed by atoms with van der Waals surface area (Å²) in [7, 11) is 2.12. The summed E-state index contributed by atoms with van der Waals surface area (Å²) in [6.45, 7) is 0. The van der Waals surface area contributed by atoms with E-state index < -0.39 is 28.9 Å². The van der Waals surface area contributed by atoms with Gasteiger partial charge in [-0.15, -0.1) is 0 Å². The van der Waals surface area contributed by atoms with E-state index in [4.69, 9.17) is 32.7 Å². The largest absolute Gasteiger partial charge is 0.468 e. The summed E-state index contributed by atoms with van der Waals surface area (Å²) < 4.78 is 9.79. The summed E-state index contributed by atoms with van der Waals surface area (Å²) in [4.78, 5) is 53.0. The summed E-state index contributed by atoms with van der Waals surface area (Å²) in [5.74, 6) is -3.41. The van der Waals surface area contributed by atoms with E-state index in [2.05, 4.69) is 0 Å². The summed E-state index contributed by atoms with van der Waals surface area (Å²) in [5, 5.41) is 0.0337. The minimum absolute atomic E-state index is 0.0285. The van der Waals surface area contributed by atoms with Gasteiger partial charge in [0, 0.05) is 43.4 Å². The van der Waals surface area contributed by atoms with Crippen molar-refractivity contribution in [1.29, 1.82) is 0 Å². The maximum atomic E-state index is 13.5. The van der Waals surface area contributed by atoms with Crippen molar-refractivity contribution < 1.29 is 28.7 Å². The van der Waals surface area contributed by atoms with Crippen LogP contribution in [0.3, 0.4) is 0 Å². The average molecular weight is 431 g/mol. The molecular weight excluding hydrogens is 419 g/mol. The van der Waals surface area contributed by atoms with Crippen molar-refractivity contribution >= 4 is 52.3 Å². The number of fused-ring (bicyclic) bond motifs is 3. The summed E-state index contributed by atoms with van der Waals surface area (Å²) in [6.07, 6.45) is 0. The van der Waals surface area contributed by atoms with Crippen LogP contribution in [0.25, 0.3) is 5.57 Å². The Balaban J connectivity index is 2.23. The lowest BCUT2D eigenvalue weighted by molar-refractivity contribution is -0.159. The van der Waals surface area contributed by atoms with Crippen LogP contribution in [-0.4, -0.2) is 37.7 Å². The van der Waals surface area contributed by atoms with Gasteiger partial charge < -0.3 is 9.47 Å². The molecule has 0 radical (unpaired) electrons. The Kier molecular flexibility index (Phi) is 4.37. The maximum Gasteiger partial charge on any atom is 0.332 e. The first-order valence-electron chi connectivity index (χ1n) is 8.41. The highest BCUT2D eigenvalue weighted by molar-refractivity contribution is 6.49. The second-order valence-corrected chi connectivity index (χ2v) is 7.28. The molecule has 0 spiro atoms. The Morgan fingerprint density at radius 3 is 1.90 bits per heavy atom. The Bertz CT molecular complexity index is 1160. The fourth-order valence-electron chi connectivity index (χ4n) is 4.06. The fraction of sp³-hybridized carbons (Fsp3) is 0.143. The first-order valence-corrected chi connectivity index (χ1v) is 9.16. The smallest absolute Gasteiger partial charge is 0.332 e. The van der Waals surface area contributed by atoms with E-state index in [9.17, 15) is 19.2 Å². The highest BCUT2D eigenvalue weighted by Gasteiger charge is 2.64. The number of hydrogen-bond donors (Lipinski definition) is 0. The highest BCUT2D eigenvalue weighted by Crippen LogP contribution is 2.56. The van der Waals surface area contributed by atoms with Crippen LogP contribution in [0.5, 0.6) is 0 Å². The second kappa shape index (κ2) is 6.54. The molecule has 0 fully saturated rings. The van der Waals surface area contributed by atoms with Gasteiger partial charge in [0.05, 0.1) is 14.2 Å². The number of hydrogen-bond acceptors (Lipinski definition) is 6. The van der Waals surface area contributed by atoms with Gasteiger partial charge in [0.25, 0.3) is 0 Å². The number of halogens is 2. The molecule has 2 aromatic carbocycles. The van der Waals surface area contributed by atoms with Crippen molar-refractivity contribution in [2.45, 2.75) is 5.41 Å². The van der Waals surface area contributed by atoms with Gasteiger partial charge in [0.1, 0.15) is 0 Å². The van der Waals surface area contributed by atoms with E-state index in [1.54, 1.807) is 12.1 Å². The number of benzene rings is 2. The van der Waals surface area contributed by atoms with Crippen molar-refractivity contribution in [3.63, 3.8) is 0 Å². The molecule has 0 atom stereocenters. The molecule has 0 bridgehead atoms. The van der Waals surface area contributed by atoms with Crippen molar-refractivity contribution in [3.8, 4) is 0 Å². The van der Waals surface area contributed by atoms with Gasteiger partial charge in [-0.05, 0) is 12.1 Å². The van der Waals surface area contributed by atoms with Crippen LogP contribution in [-0.2, 0) is 24.5 Å². The third-order valence-corrected chi connectivity index (χ3v) is 5.84. The lowest BCUT2D eigenvalue weighted by Gasteiger charge is -2.29. The zero-order valence-electron chi connectivity index (χ0n) is 15.2. The first-order chi connectivity index (χ1) is 13.8. The molecule has 0 aliphatic heterocycles. The van der Waals surface area contributed by atoms with Gasteiger partial charge in [0.15, 0.2) is 11.6 Å². The Morgan fingerprint density at radius 1 is 0.828 bits per heavy atom. The van der Waals surface area contributed by atoms with E-state index in [-0.39, 0.29) is 43.4 Å². The lowest BCUT2D eigenvalue weighted by Crippen LogP contribution is -2.48. The average Bonchev–Trinajstić information content (AvgIpc) is 3.08. The molecule has 0 amide bonds. The number of methoxy groups -OCH3 is 2. The maximum absolute atomic E-state index is 13.5. The van der Waals surface area contributed by atoms with Crippen LogP contribution in [0.4, 0.5) is 0 Å². The zero-order valence-corrected chi connectivity index (χ0v) is 16.7. The highest BCUT2D eigenvalue weighted by atomic mass is 35.5. The number of carbonyl (C=O) groups excluding carboxylic acids is 4. The molecule has 0 saturated heterocycles. The molecule has 0 N–H and O–H groups in total. The van der Waals surface area contributed by atoms with Crippen LogP contribution < -0.4 is 0 Å².